The fourth-order valence-electron chi connectivity index (χ4n) is 4.51. The van der Waals surface area contributed by atoms with E-state index in [1.807, 2.05) is 29.6 Å². The van der Waals surface area contributed by atoms with Crippen molar-refractivity contribution in [3.8, 4) is 10.4 Å². The van der Waals surface area contributed by atoms with Gasteiger partial charge < -0.3 is 20.9 Å². The summed E-state index contributed by atoms with van der Waals surface area (Å²) in [6.07, 6.45) is 1.78. The minimum Gasteiger partial charge on any atom is -0.352 e. The van der Waals surface area contributed by atoms with Crippen LogP contribution in [0, 0.1) is 5.92 Å². The highest BCUT2D eigenvalue weighted by molar-refractivity contribution is 7.13. The second kappa shape index (κ2) is 9.42. The second-order valence-electron chi connectivity index (χ2n) is 8.94. The maximum absolute atomic E-state index is 13.4. The molecule has 1 saturated heterocycles. The topological polar surface area (TPSA) is 90.5 Å². The molecule has 3 heterocycles. The van der Waals surface area contributed by atoms with E-state index in [0.717, 1.165) is 16.9 Å². The van der Waals surface area contributed by atoms with Crippen LogP contribution in [0.5, 0.6) is 0 Å². The van der Waals surface area contributed by atoms with Gasteiger partial charge in [0.05, 0.1) is 17.3 Å². The molecule has 4 rings (SSSR count). The molecule has 3 amide bonds. The van der Waals surface area contributed by atoms with Crippen molar-refractivity contribution in [1.29, 1.82) is 0 Å². The number of rotatable bonds is 6. The lowest BCUT2D eigenvalue weighted by Gasteiger charge is -2.37. The van der Waals surface area contributed by atoms with Gasteiger partial charge in [0.2, 0.25) is 11.8 Å². The molecule has 0 saturated carbocycles. The van der Waals surface area contributed by atoms with Gasteiger partial charge in [-0.3, -0.25) is 14.4 Å². The van der Waals surface area contributed by atoms with Gasteiger partial charge in [0.15, 0.2) is 0 Å². The molecule has 2 aromatic rings. The summed E-state index contributed by atoms with van der Waals surface area (Å²) in [5, 5.41) is 11.1. The molecule has 3 atom stereocenters. The van der Waals surface area contributed by atoms with Crippen molar-refractivity contribution in [3.63, 3.8) is 0 Å². The SMILES string of the molecule is CNC(CC(C)C)C(=O)NC1CCN2C(=O)c3cc(-c4cccs4)ccc3NC(=O)C2C1. The molecule has 0 aliphatic carbocycles. The number of anilines is 1. The van der Waals surface area contributed by atoms with E-state index in [4.69, 9.17) is 0 Å². The monoisotopic (exact) mass is 454 g/mol. The number of hydrogen-bond donors (Lipinski definition) is 3. The van der Waals surface area contributed by atoms with E-state index in [1.165, 1.54) is 0 Å². The van der Waals surface area contributed by atoms with Crippen LogP contribution in [0.3, 0.4) is 0 Å². The third-order valence-corrected chi connectivity index (χ3v) is 7.12. The molecule has 3 N–H and O–H groups in total. The Balaban J connectivity index is 1.50. The van der Waals surface area contributed by atoms with E-state index in [2.05, 4.69) is 29.8 Å². The van der Waals surface area contributed by atoms with Crippen LogP contribution < -0.4 is 16.0 Å². The van der Waals surface area contributed by atoms with Gasteiger partial charge in [-0.15, -0.1) is 11.3 Å². The maximum atomic E-state index is 13.4. The van der Waals surface area contributed by atoms with Crippen molar-refractivity contribution in [2.45, 2.75) is 51.2 Å². The van der Waals surface area contributed by atoms with Gasteiger partial charge >= 0.3 is 0 Å². The Morgan fingerprint density at radius 1 is 1.28 bits per heavy atom. The van der Waals surface area contributed by atoms with Crippen molar-refractivity contribution in [2.24, 2.45) is 5.92 Å². The van der Waals surface area contributed by atoms with E-state index in [0.29, 0.717) is 36.6 Å². The van der Waals surface area contributed by atoms with Crippen molar-refractivity contribution in [1.82, 2.24) is 15.5 Å². The molecule has 2 aliphatic rings. The van der Waals surface area contributed by atoms with Gasteiger partial charge in [-0.2, -0.15) is 0 Å². The molecule has 1 aromatic carbocycles. The number of benzene rings is 1. The zero-order valence-corrected chi connectivity index (χ0v) is 19.5. The normalized spacial score (nSPS) is 21.4. The summed E-state index contributed by atoms with van der Waals surface area (Å²) in [5.74, 6) is -0.00142. The van der Waals surface area contributed by atoms with E-state index in [1.54, 1.807) is 29.4 Å². The van der Waals surface area contributed by atoms with Gasteiger partial charge in [0.1, 0.15) is 6.04 Å². The predicted molar refractivity (Wildman–Crippen MR) is 127 cm³/mol. The van der Waals surface area contributed by atoms with E-state index in [9.17, 15) is 14.4 Å². The first-order valence-electron chi connectivity index (χ1n) is 11.1. The van der Waals surface area contributed by atoms with E-state index >= 15 is 0 Å². The highest BCUT2D eigenvalue weighted by Crippen LogP contribution is 2.33. The number of carbonyl (C=O) groups is 3. The van der Waals surface area contributed by atoms with Crippen molar-refractivity contribution >= 4 is 34.7 Å². The number of amides is 3. The summed E-state index contributed by atoms with van der Waals surface area (Å²) in [6, 6.07) is 8.58. The molecule has 0 spiro atoms. The lowest BCUT2D eigenvalue weighted by Crippen LogP contribution is -2.56. The molecule has 0 radical (unpaired) electrons. The molecule has 8 heteroatoms. The number of thiophene rings is 1. The third kappa shape index (κ3) is 4.56. The molecule has 7 nitrogen and oxygen atoms in total. The molecular formula is C24H30N4O3S. The number of likely N-dealkylation sites (N-methyl/N-ethyl adjacent to an activating group) is 1. The van der Waals surface area contributed by atoms with Crippen LogP contribution in [-0.2, 0) is 9.59 Å². The van der Waals surface area contributed by atoms with Crippen LogP contribution >= 0.6 is 11.3 Å². The molecule has 1 fully saturated rings. The van der Waals surface area contributed by atoms with Gasteiger partial charge in [-0.05, 0) is 61.4 Å². The Bertz CT molecular complexity index is 1000. The second-order valence-corrected chi connectivity index (χ2v) is 9.89. The first kappa shape index (κ1) is 22.5. The number of nitrogens with zero attached hydrogens (tertiary/aromatic N) is 1. The summed E-state index contributed by atoms with van der Waals surface area (Å²) in [7, 11) is 1.79. The number of piperidine rings is 1. The Morgan fingerprint density at radius 3 is 2.78 bits per heavy atom. The smallest absolute Gasteiger partial charge is 0.256 e. The predicted octanol–water partition coefficient (Wildman–Crippen LogP) is 3.09. The number of nitrogens with one attached hydrogen (secondary N) is 3. The van der Waals surface area contributed by atoms with E-state index in [-0.39, 0.29) is 29.8 Å². The first-order valence-corrected chi connectivity index (χ1v) is 12.0. The summed E-state index contributed by atoms with van der Waals surface area (Å²) in [4.78, 5) is 41.9. The minimum atomic E-state index is -0.600. The molecule has 0 bridgehead atoms. The molecule has 1 aromatic heterocycles. The molecular weight excluding hydrogens is 424 g/mol. The Kier molecular flexibility index (Phi) is 6.62. The lowest BCUT2D eigenvalue weighted by molar-refractivity contribution is -0.126. The fourth-order valence-corrected chi connectivity index (χ4v) is 5.24. The maximum Gasteiger partial charge on any atom is 0.256 e. The minimum absolute atomic E-state index is 0.0520. The third-order valence-electron chi connectivity index (χ3n) is 6.20. The van der Waals surface area contributed by atoms with Crippen LogP contribution in [-0.4, -0.2) is 54.3 Å². The fraction of sp³-hybridized carbons (Fsp3) is 0.458. The van der Waals surface area contributed by atoms with Crippen LogP contribution in [0.2, 0.25) is 0 Å². The number of carbonyl (C=O) groups excluding carboxylic acids is 3. The average molecular weight is 455 g/mol. The first-order chi connectivity index (χ1) is 15.4. The molecule has 170 valence electrons. The van der Waals surface area contributed by atoms with Crippen LogP contribution in [0.4, 0.5) is 5.69 Å². The molecule has 32 heavy (non-hydrogen) atoms. The standard InChI is InChI=1S/C24H30N4O3S/c1-14(2)11-19(25-3)22(29)26-16-8-9-28-20(13-16)23(30)27-18-7-6-15(12-17(18)24(28)31)21-5-4-10-32-21/h4-7,10,12,14,16,19-20,25H,8-9,11,13H2,1-3H3,(H,26,29)(H,27,30). The van der Waals surface area contributed by atoms with Crippen LogP contribution in [0.25, 0.3) is 10.4 Å². The highest BCUT2D eigenvalue weighted by atomic mass is 32.1. The van der Waals surface area contributed by atoms with Crippen molar-refractivity contribution < 1.29 is 14.4 Å². The molecule has 2 aliphatic heterocycles. The quantitative estimate of drug-likeness (QED) is 0.626. The molecule has 3 unspecified atom stereocenters. The van der Waals surface area contributed by atoms with Gasteiger partial charge in [0.25, 0.3) is 5.91 Å². The number of hydrogen-bond acceptors (Lipinski definition) is 5. The van der Waals surface area contributed by atoms with Crippen molar-refractivity contribution in [3.05, 3.63) is 41.3 Å². The van der Waals surface area contributed by atoms with E-state index < -0.39 is 6.04 Å². The Hall–Kier alpha value is -2.71. The summed E-state index contributed by atoms with van der Waals surface area (Å²) in [5.41, 5.74) is 2.02. The Morgan fingerprint density at radius 2 is 2.09 bits per heavy atom. The largest absolute Gasteiger partial charge is 0.352 e. The van der Waals surface area contributed by atoms with Crippen LogP contribution in [0.1, 0.15) is 43.5 Å². The van der Waals surface area contributed by atoms with Crippen LogP contribution in [0.15, 0.2) is 35.7 Å². The lowest BCUT2D eigenvalue weighted by atomic mass is 9.95. The zero-order chi connectivity index (χ0) is 22.8. The summed E-state index contributed by atoms with van der Waals surface area (Å²) >= 11 is 1.61. The average Bonchev–Trinajstić information content (AvgIpc) is 3.29. The highest BCUT2D eigenvalue weighted by Gasteiger charge is 2.40. The van der Waals surface area contributed by atoms with Gasteiger partial charge in [0, 0.05) is 17.5 Å². The summed E-state index contributed by atoms with van der Waals surface area (Å²) < 4.78 is 0. The Labute approximate surface area is 192 Å². The van der Waals surface area contributed by atoms with Gasteiger partial charge in [-0.1, -0.05) is 26.0 Å². The number of fused-ring (bicyclic) bond motifs is 2. The van der Waals surface area contributed by atoms with Gasteiger partial charge in [-0.25, -0.2) is 0 Å². The summed E-state index contributed by atoms with van der Waals surface area (Å²) in [6.45, 7) is 4.59. The van der Waals surface area contributed by atoms with Crippen molar-refractivity contribution in [2.75, 3.05) is 18.9 Å². The zero-order valence-electron chi connectivity index (χ0n) is 18.7.